The molecule has 12 nitrogen and oxygen atoms in total. The fourth-order valence-corrected chi connectivity index (χ4v) is 5.78. The van der Waals surface area contributed by atoms with Crippen LogP contribution in [0.3, 0.4) is 0 Å². The van der Waals surface area contributed by atoms with Crippen LogP contribution in [0.25, 0.3) is 11.2 Å². The zero-order valence-corrected chi connectivity index (χ0v) is 27.0. The van der Waals surface area contributed by atoms with Crippen molar-refractivity contribution in [2.45, 2.75) is 31.0 Å². The van der Waals surface area contributed by atoms with Crippen molar-refractivity contribution in [2.24, 2.45) is 0 Å². The minimum absolute atomic E-state index is 0.0482. The topological polar surface area (TPSA) is 149 Å². The van der Waals surface area contributed by atoms with Crippen LogP contribution < -0.4 is 0 Å². The zero-order chi connectivity index (χ0) is 35.2. The van der Waals surface area contributed by atoms with Crippen LogP contribution >= 0.6 is 0 Å². The summed E-state index contributed by atoms with van der Waals surface area (Å²) in [6, 6.07) is 33.9. The first-order chi connectivity index (χ1) is 25.0. The maximum atomic E-state index is 13.6. The summed E-state index contributed by atoms with van der Waals surface area (Å²) in [7, 11) is 0. The van der Waals surface area contributed by atoms with Crippen molar-refractivity contribution < 1.29 is 38.1 Å². The molecule has 6 aromatic rings. The van der Waals surface area contributed by atoms with Crippen molar-refractivity contribution in [1.82, 2.24) is 19.5 Å². The van der Waals surface area contributed by atoms with Gasteiger partial charge in [-0.15, -0.1) is 0 Å². The standard InChI is InChI=1S/C39H30N4O8/c44-30(25-13-5-1-6-14-25)21-29-32-35(41-23-40-29)43(24-42-32)36-34(51-39(47)28-19-11-4-12-20-28)33(50-38(46)27-17-9-3-10-18-27)31(49-36)22-48-37(45)26-15-7-2-8-16-26/h1-20,23-24,31,33-34,36H,21-22H2/t31?,33-,34-,36?/m1/s1. The number of carbonyl (C=O) groups excluding carboxylic acids is 4. The molecule has 0 spiro atoms. The molecule has 4 aromatic carbocycles. The van der Waals surface area contributed by atoms with Crippen LogP contribution in [-0.4, -0.2) is 68.1 Å². The molecule has 0 amide bonds. The Kier molecular flexibility index (Phi) is 9.66. The lowest BCUT2D eigenvalue weighted by atomic mass is 10.1. The van der Waals surface area contributed by atoms with Gasteiger partial charge in [0.05, 0.1) is 35.1 Å². The number of ketones is 1. The van der Waals surface area contributed by atoms with E-state index >= 15 is 0 Å². The van der Waals surface area contributed by atoms with Gasteiger partial charge in [0.1, 0.15) is 24.6 Å². The van der Waals surface area contributed by atoms with E-state index in [2.05, 4.69) is 15.0 Å². The lowest BCUT2D eigenvalue weighted by Crippen LogP contribution is -2.41. The predicted octanol–water partition coefficient (Wildman–Crippen LogP) is 5.46. The van der Waals surface area contributed by atoms with Gasteiger partial charge in [0, 0.05) is 5.56 Å². The van der Waals surface area contributed by atoms with Crippen molar-refractivity contribution in [1.29, 1.82) is 0 Å². The number of hydrogen-bond acceptors (Lipinski definition) is 11. The molecule has 0 radical (unpaired) electrons. The number of aromatic nitrogens is 4. The second-order valence-corrected chi connectivity index (χ2v) is 11.6. The Morgan fingerprint density at radius 2 is 1.12 bits per heavy atom. The van der Waals surface area contributed by atoms with Crippen LogP contribution in [0.1, 0.15) is 53.4 Å². The Morgan fingerprint density at radius 1 is 0.608 bits per heavy atom. The van der Waals surface area contributed by atoms with E-state index in [4.69, 9.17) is 18.9 Å². The highest BCUT2D eigenvalue weighted by Gasteiger charge is 2.52. The number of hydrogen-bond donors (Lipinski definition) is 0. The lowest BCUT2D eigenvalue weighted by Gasteiger charge is -2.25. The van der Waals surface area contributed by atoms with Gasteiger partial charge in [-0.2, -0.15) is 0 Å². The lowest BCUT2D eigenvalue weighted by molar-refractivity contribution is -0.0606. The van der Waals surface area contributed by atoms with Crippen LogP contribution in [0.15, 0.2) is 134 Å². The fourth-order valence-electron chi connectivity index (χ4n) is 5.78. The Balaban J connectivity index is 1.25. The molecule has 3 heterocycles. The second-order valence-electron chi connectivity index (χ2n) is 11.6. The van der Waals surface area contributed by atoms with Gasteiger partial charge < -0.3 is 18.9 Å². The van der Waals surface area contributed by atoms with Crippen LogP contribution in [0.4, 0.5) is 0 Å². The molecule has 0 aliphatic carbocycles. The summed E-state index contributed by atoms with van der Waals surface area (Å²) < 4.78 is 25.7. The molecule has 2 aromatic heterocycles. The maximum absolute atomic E-state index is 13.6. The number of fused-ring (bicyclic) bond motifs is 1. The van der Waals surface area contributed by atoms with Gasteiger partial charge in [0.2, 0.25) is 0 Å². The summed E-state index contributed by atoms with van der Waals surface area (Å²) in [4.78, 5) is 66.4. The van der Waals surface area contributed by atoms with Crippen molar-refractivity contribution in [3.63, 3.8) is 0 Å². The van der Waals surface area contributed by atoms with Gasteiger partial charge in [-0.05, 0) is 36.4 Å². The smallest absolute Gasteiger partial charge is 0.338 e. The number of imidazole rings is 1. The highest BCUT2D eigenvalue weighted by atomic mass is 16.7. The second kappa shape index (κ2) is 14.9. The zero-order valence-electron chi connectivity index (χ0n) is 27.0. The van der Waals surface area contributed by atoms with Gasteiger partial charge in [-0.3, -0.25) is 9.36 Å². The Hall–Kier alpha value is -6.53. The van der Waals surface area contributed by atoms with Gasteiger partial charge >= 0.3 is 17.9 Å². The Labute approximate surface area is 291 Å². The molecular weight excluding hydrogens is 652 g/mol. The summed E-state index contributed by atoms with van der Waals surface area (Å²) in [5, 5.41) is 0. The third-order valence-corrected chi connectivity index (χ3v) is 8.31. The molecule has 1 aliphatic heterocycles. The largest absolute Gasteiger partial charge is 0.459 e. The molecule has 254 valence electrons. The average molecular weight is 683 g/mol. The van der Waals surface area contributed by atoms with E-state index in [1.54, 1.807) is 115 Å². The molecule has 51 heavy (non-hydrogen) atoms. The molecule has 0 saturated carbocycles. The fraction of sp³-hybridized carbons (Fsp3) is 0.154. The third kappa shape index (κ3) is 7.26. The molecule has 1 saturated heterocycles. The summed E-state index contributed by atoms with van der Waals surface area (Å²) >= 11 is 0. The predicted molar refractivity (Wildman–Crippen MR) is 182 cm³/mol. The monoisotopic (exact) mass is 682 g/mol. The number of esters is 3. The summed E-state index contributed by atoms with van der Waals surface area (Å²) in [5.74, 6) is -2.19. The van der Waals surface area contributed by atoms with E-state index in [1.165, 1.54) is 17.2 Å². The normalized spacial score (nSPS) is 18.2. The highest BCUT2D eigenvalue weighted by molar-refractivity contribution is 5.98. The number of rotatable bonds is 11. The van der Waals surface area contributed by atoms with Crippen molar-refractivity contribution in [2.75, 3.05) is 6.61 Å². The Bertz CT molecular complexity index is 2160. The maximum Gasteiger partial charge on any atom is 0.338 e. The highest BCUT2D eigenvalue weighted by Crippen LogP contribution is 2.37. The molecule has 12 heteroatoms. The van der Waals surface area contributed by atoms with E-state index in [9.17, 15) is 19.2 Å². The number of benzene rings is 4. The minimum Gasteiger partial charge on any atom is -0.459 e. The van der Waals surface area contributed by atoms with E-state index in [0.29, 0.717) is 22.3 Å². The first-order valence-corrected chi connectivity index (χ1v) is 16.1. The number of Topliss-reactive ketones (excluding diaryl/α,β-unsaturated/α-hetero) is 1. The van der Waals surface area contributed by atoms with Crippen LogP contribution in [0.2, 0.25) is 0 Å². The van der Waals surface area contributed by atoms with Crippen molar-refractivity contribution >= 4 is 34.9 Å². The van der Waals surface area contributed by atoms with Gasteiger partial charge in [-0.25, -0.2) is 29.3 Å². The van der Waals surface area contributed by atoms with Crippen LogP contribution in [-0.2, 0) is 25.4 Å². The quantitative estimate of drug-likeness (QED) is 0.0975. The minimum atomic E-state index is -1.27. The molecule has 0 bridgehead atoms. The van der Waals surface area contributed by atoms with Gasteiger partial charge in [0.25, 0.3) is 0 Å². The van der Waals surface area contributed by atoms with Crippen molar-refractivity contribution in [3.05, 3.63) is 162 Å². The molecule has 1 fully saturated rings. The van der Waals surface area contributed by atoms with E-state index in [1.807, 2.05) is 6.07 Å². The van der Waals surface area contributed by atoms with Crippen molar-refractivity contribution in [3.8, 4) is 0 Å². The molecule has 2 unspecified atom stereocenters. The molecule has 7 rings (SSSR count). The summed E-state index contributed by atoms with van der Waals surface area (Å²) in [6.45, 7) is -0.352. The summed E-state index contributed by atoms with van der Waals surface area (Å²) in [5.41, 5.74) is 2.32. The Morgan fingerprint density at radius 3 is 1.69 bits per heavy atom. The van der Waals surface area contributed by atoms with Crippen LogP contribution in [0.5, 0.6) is 0 Å². The van der Waals surface area contributed by atoms with Crippen LogP contribution in [0, 0.1) is 0 Å². The summed E-state index contributed by atoms with van der Waals surface area (Å²) in [6.07, 6.45) is -2.09. The number of carbonyl (C=O) groups is 4. The average Bonchev–Trinajstić information content (AvgIpc) is 3.76. The SMILES string of the molecule is O=C(Cc1ncnc2c1ncn2C1OC(COC(=O)c2ccccc2)[C@@H](OC(=O)c2ccccc2)[C@H]1OC(=O)c1ccccc1)c1ccccc1. The number of ether oxygens (including phenoxy) is 4. The van der Waals surface area contributed by atoms with E-state index < -0.39 is 42.4 Å². The van der Waals surface area contributed by atoms with Gasteiger partial charge in [0.15, 0.2) is 29.9 Å². The first kappa shape index (κ1) is 33.0. The van der Waals surface area contributed by atoms with E-state index in [-0.39, 0.29) is 35.6 Å². The number of nitrogens with zero attached hydrogens (tertiary/aromatic N) is 4. The molecule has 4 atom stereocenters. The molecular formula is C39H30N4O8. The van der Waals surface area contributed by atoms with E-state index in [0.717, 1.165) is 0 Å². The molecule has 1 aliphatic rings. The van der Waals surface area contributed by atoms with Gasteiger partial charge in [-0.1, -0.05) is 84.9 Å². The molecule has 0 N–H and O–H groups in total. The first-order valence-electron chi connectivity index (χ1n) is 16.1. The third-order valence-electron chi connectivity index (χ3n) is 8.31.